The summed E-state index contributed by atoms with van der Waals surface area (Å²) in [7, 11) is 0. The van der Waals surface area contributed by atoms with Crippen molar-refractivity contribution in [2.75, 3.05) is 11.9 Å². The molecule has 6 heteroatoms. The number of carbonyl (C=O) groups excluding carboxylic acids is 2. The van der Waals surface area contributed by atoms with E-state index in [0.717, 1.165) is 30.6 Å². The van der Waals surface area contributed by atoms with Gasteiger partial charge in [0.25, 0.3) is 0 Å². The van der Waals surface area contributed by atoms with E-state index in [2.05, 4.69) is 10.4 Å². The van der Waals surface area contributed by atoms with Crippen molar-refractivity contribution >= 4 is 17.5 Å². The van der Waals surface area contributed by atoms with E-state index >= 15 is 0 Å². The number of aromatic nitrogens is 2. The van der Waals surface area contributed by atoms with Crippen molar-refractivity contribution in [3.8, 4) is 0 Å². The smallest absolute Gasteiger partial charge is 0.231 e. The van der Waals surface area contributed by atoms with Gasteiger partial charge >= 0.3 is 0 Å². The van der Waals surface area contributed by atoms with Crippen molar-refractivity contribution in [2.24, 2.45) is 0 Å². The third-order valence-corrected chi connectivity index (χ3v) is 4.92. The van der Waals surface area contributed by atoms with Gasteiger partial charge in [-0.05, 0) is 30.5 Å². The van der Waals surface area contributed by atoms with Crippen molar-refractivity contribution in [3.63, 3.8) is 0 Å². The summed E-state index contributed by atoms with van der Waals surface area (Å²) in [6.07, 6.45) is 5.87. The van der Waals surface area contributed by atoms with Gasteiger partial charge in [-0.25, -0.2) is 0 Å². The van der Waals surface area contributed by atoms with Crippen LogP contribution in [0.15, 0.2) is 42.7 Å². The molecule has 1 fully saturated rings. The Kier molecular flexibility index (Phi) is 3.80. The molecule has 0 unspecified atom stereocenters. The summed E-state index contributed by atoms with van der Waals surface area (Å²) in [5, 5.41) is 7.11. The first-order valence-electron chi connectivity index (χ1n) is 8.39. The second kappa shape index (κ2) is 6.11. The number of carbonyl (C=O) groups is 2. The molecule has 24 heavy (non-hydrogen) atoms. The molecular formula is C18H20N4O2. The number of anilines is 1. The highest BCUT2D eigenvalue weighted by molar-refractivity contribution is 6.01. The summed E-state index contributed by atoms with van der Waals surface area (Å²) in [4.78, 5) is 27.1. The molecule has 2 aliphatic heterocycles. The van der Waals surface area contributed by atoms with Crippen LogP contribution in [0.4, 0.5) is 5.69 Å². The monoisotopic (exact) mass is 324 g/mol. The van der Waals surface area contributed by atoms with E-state index in [0.29, 0.717) is 6.54 Å². The minimum Gasteiger partial charge on any atom is -0.337 e. The first-order chi connectivity index (χ1) is 11.7. The van der Waals surface area contributed by atoms with Gasteiger partial charge in [0.1, 0.15) is 0 Å². The van der Waals surface area contributed by atoms with Crippen molar-refractivity contribution in [2.45, 2.75) is 37.8 Å². The van der Waals surface area contributed by atoms with Gasteiger partial charge < -0.3 is 10.2 Å². The molecule has 3 heterocycles. The summed E-state index contributed by atoms with van der Waals surface area (Å²) in [6, 6.07) is 9.63. The van der Waals surface area contributed by atoms with Gasteiger partial charge in [0.05, 0.1) is 18.5 Å². The van der Waals surface area contributed by atoms with E-state index in [9.17, 15) is 9.59 Å². The lowest BCUT2D eigenvalue weighted by Crippen LogP contribution is -2.42. The predicted octanol–water partition coefficient (Wildman–Crippen LogP) is 2.00. The van der Waals surface area contributed by atoms with Crippen LogP contribution in [0.5, 0.6) is 0 Å². The fourth-order valence-electron chi connectivity index (χ4n) is 3.77. The minimum absolute atomic E-state index is 0.0620. The van der Waals surface area contributed by atoms with Crippen molar-refractivity contribution in [1.29, 1.82) is 0 Å². The van der Waals surface area contributed by atoms with Crippen LogP contribution in [0.2, 0.25) is 0 Å². The number of hydrogen-bond donors (Lipinski definition) is 1. The number of para-hydroxylation sites is 1. The van der Waals surface area contributed by atoms with Crippen LogP contribution >= 0.6 is 0 Å². The number of amides is 2. The van der Waals surface area contributed by atoms with E-state index < -0.39 is 0 Å². The summed E-state index contributed by atoms with van der Waals surface area (Å²) < 4.78 is 1.87. The lowest BCUT2D eigenvalue weighted by atomic mass is 9.89. The van der Waals surface area contributed by atoms with Gasteiger partial charge in [0.2, 0.25) is 11.8 Å². The molecule has 2 atom stereocenters. The van der Waals surface area contributed by atoms with E-state index in [-0.39, 0.29) is 30.2 Å². The molecule has 2 aromatic rings. The molecule has 4 rings (SSSR count). The van der Waals surface area contributed by atoms with E-state index in [1.807, 2.05) is 46.1 Å². The molecule has 1 N–H and O–H groups in total. The van der Waals surface area contributed by atoms with Crippen LogP contribution in [-0.4, -0.2) is 39.1 Å². The lowest BCUT2D eigenvalue weighted by Gasteiger charge is -2.31. The van der Waals surface area contributed by atoms with Crippen LogP contribution in [0.1, 0.15) is 30.7 Å². The number of fused-ring (bicyclic) bond motifs is 1. The van der Waals surface area contributed by atoms with E-state index in [1.165, 1.54) is 0 Å². The molecule has 6 nitrogen and oxygen atoms in total. The van der Waals surface area contributed by atoms with Crippen LogP contribution in [0, 0.1) is 0 Å². The summed E-state index contributed by atoms with van der Waals surface area (Å²) >= 11 is 0. The van der Waals surface area contributed by atoms with Crippen molar-refractivity contribution < 1.29 is 9.59 Å². The zero-order valence-electron chi connectivity index (χ0n) is 13.4. The molecule has 2 aliphatic rings. The summed E-state index contributed by atoms with van der Waals surface area (Å²) in [5.74, 6) is -0.407. The number of rotatable bonds is 3. The Morgan fingerprint density at radius 2 is 2.17 bits per heavy atom. The summed E-state index contributed by atoms with van der Waals surface area (Å²) in [5.41, 5.74) is 1.68. The third kappa shape index (κ3) is 2.68. The molecule has 0 bridgehead atoms. The Morgan fingerprint density at radius 1 is 1.29 bits per heavy atom. The lowest BCUT2D eigenvalue weighted by molar-refractivity contribution is -0.136. The molecule has 2 amide bonds. The first-order valence-corrected chi connectivity index (χ1v) is 8.39. The molecule has 0 radical (unpaired) electrons. The van der Waals surface area contributed by atoms with Gasteiger partial charge in [-0.3, -0.25) is 14.3 Å². The minimum atomic E-state index is -0.381. The molecule has 0 spiro atoms. The van der Waals surface area contributed by atoms with Gasteiger partial charge in [0.15, 0.2) is 0 Å². The van der Waals surface area contributed by atoms with Gasteiger partial charge in [-0.2, -0.15) is 5.10 Å². The molecule has 124 valence electrons. The van der Waals surface area contributed by atoms with Gasteiger partial charge in [0, 0.05) is 31.0 Å². The Hall–Kier alpha value is -2.63. The Balaban J connectivity index is 1.57. The quantitative estimate of drug-likeness (QED) is 0.939. The second-order valence-electron chi connectivity index (χ2n) is 6.45. The van der Waals surface area contributed by atoms with Crippen molar-refractivity contribution in [1.82, 2.24) is 14.7 Å². The number of nitrogens with zero attached hydrogens (tertiary/aromatic N) is 3. The number of benzene rings is 1. The fraction of sp³-hybridized carbons (Fsp3) is 0.389. The topological polar surface area (TPSA) is 67.2 Å². The van der Waals surface area contributed by atoms with E-state index in [4.69, 9.17) is 0 Å². The average molecular weight is 324 g/mol. The second-order valence-corrected chi connectivity index (χ2v) is 6.45. The normalized spacial score (nSPS) is 23.0. The molecule has 1 aromatic carbocycles. The average Bonchev–Trinajstić information content (AvgIpc) is 3.26. The highest BCUT2D eigenvalue weighted by Crippen LogP contribution is 2.35. The fourth-order valence-corrected chi connectivity index (χ4v) is 3.77. The molecule has 0 saturated carbocycles. The predicted molar refractivity (Wildman–Crippen MR) is 89.4 cm³/mol. The Bertz CT molecular complexity index is 756. The first kappa shape index (κ1) is 14.9. The zero-order chi connectivity index (χ0) is 16.5. The summed E-state index contributed by atoms with van der Waals surface area (Å²) in [6.45, 7) is 1.46. The Morgan fingerprint density at radius 3 is 3.00 bits per heavy atom. The SMILES string of the molecule is O=C1C[C@@H](C(=O)N2CCC[C@H]2Cn2cccn2)c2ccccc2N1. The highest BCUT2D eigenvalue weighted by atomic mass is 16.2. The third-order valence-electron chi connectivity index (χ3n) is 4.92. The zero-order valence-corrected chi connectivity index (χ0v) is 13.4. The van der Waals surface area contributed by atoms with E-state index in [1.54, 1.807) is 6.20 Å². The molecular weight excluding hydrogens is 304 g/mol. The number of likely N-dealkylation sites (tertiary alicyclic amines) is 1. The van der Waals surface area contributed by atoms with Crippen LogP contribution in [0.3, 0.4) is 0 Å². The highest BCUT2D eigenvalue weighted by Gasteiger charge is 2.37. The van der Waals surface area contributed by atoms with Gasteiger partial charge in [-0.1, -0.05) is 18.2 Å². The maximum absolute atomic E-state index is 13.2. The maximum Gasteiger partial charge on any atom is 0.231 e. The molecule has 0 aliphatic carbocycles. The molecule has 1 saturated heterocycles. The number of hydrogen-bond acceptors (Lipinski definition) is 3. The standard InChI is InChI=1S/C18H20N4O2/c23-17-11-15(14-6-1-2-7-16(14)20-17)18(24)22-10-3-5-13(22)12-21-9-4-8-19-21/h1-2,4,6-9,13,15H,3,5,10-12H2,(H,20,23)/t13-,15+/m0/s1. The van der Waals surface area contributed by atoms with Crippen molar-refractivity contribution in [3.05, 3.63) is 48.3 Å². The van der Waals surface area contributed by atoms with Crippen LogP contribution < -0.4 is 5.32 Å². The number of nitrogens with one attached hydrogen (secondary N) is 1. The Labute approximate surface area is 140 Å². The van der Waals surface area contributed by atoms with Gasteiger partial charge in [-0.15, -0.1) is 0 Å². The maximum atomic E-state index is 13.2. The molecule has 1 aromatic heterocycles. The van der Waals surface area contributed by atoms with Crippen LogP contribution in [0.25, 0.3) is 0 Å². The largest absolute Gasteiger partial charge is 0.337 e. The van der Waals surface area contributed by atoms with Crippen LogP contribution in [-0.2, 0) is 16.1 Å².